The molecule has 0 saturated heterocycles. The predicted molar refractivity (Wildman–Crippen MR) is 128 cm³/mol. The number of allylic oxidation sites excluding steroid dienone is 2. The van der Waals surface area contributed by atoms with Gasteiger partial charge in [0.25, 0.3) is 0 Å². The van der Waals surface area contributed by atoms with Crippen molar-refractivity contribution in [3.63, 3.8) is 0 Å². The average Bonchev–Trinajstić information content (AvgIpc) is 2.84. The summed E-state index contributed by atoms with van der Waals surface area (Å²) < 4.78 is 0. The summed E-state index contributed by atoms with van der Waals surface area (Å²) in [4.78, 5) is 44.7. The third-order valence-electron chi connectivity index (χ3n) is 5.53. The first kappa shape index (κ1) is 25.2. The van der Waals surface area contributed by atoms with E-state index in [0.29, 0.717) is 11.3 Å². The van der Waals surface area contributed by atoms with Crippen LogP contribution in [0.4, 0.5) is 0 Å². The molecule has 34 heavy (non-hydrogen) atoms. The van der Waals surface area contributed by atoms with Crippen LogP contribution in [0.1, 0.15) is 28.8 Å². The number of carbonyl (C=O) groups excluding carboxylic acids is 3. The number of benzene rings is 2. The number of hydrogen-bond donors (Lipinski definition) is 0. The van der Waals surface area contributed by atoms with Crippen molar-refractivity contribution in [2.24, 2.45) is 4.99 Å². The van der Waals surface area contributed by atoms with Crippen molar-refractivity contribution >= 4 is 40.8 Å². The second kappa shape index (κ2) is 10.7. The Hall–Kier alpha value is -3.44. The molecule has 0 atom stereocenters. The van der Waals surface area contributed by atoms with Crippen LogP contribution in [0, 0.1) is 13.8 Å². The molecule has 1 aromatic heterocycles. The molecule has 0 amide bonds. The van der Waals surface area contributed by atoms with Gasteiger partial charge in [0.15, 0.2) is 0 Å². The third kappa shape index (κ3) is 4.48. The SMILES string of the molecule is Cc1ccccc1C1=CCC(=C=O)C(c2nc(-c3ccccc3C)c(=C=O)c(=C=O)c2Cl)=N1.[Re]. The van der Waals surface area contributed by atoms with Gasteiger partial charge < -0.3 is 0 Å². The summed E-state index contributed by atoms with van der Waals surface area (Å²) >= 11 is 6.53. The molecule has 167 valence electrons. The number of aliphatic imine (C=N–C) groups is 1. The standard InChI is InChI=1S/C27H17ClN2O3.Re/c1-16-7-3-5-9-19(16)23-12-11-18(13-31)25(29-23)27-24(28)21(14-32)22(15-33)26(30-27)20-10-6-4-8-17(20)2;/h3-10,12H,11H2,1-2H3;. The van der Waals surface area contributed by atoms with Gasteiger partial charge in [-0.25, -0.2) is 24.4 Å². The van der Waals surface area contributed by atoms with Gasteiger partial charge in [-0.15, -0.1) is 0 Å². The fourth-order valence-corrected chi connectivity index (χ4v) is 4.06. The minimum Gasteiger partial charge on any atom is -0.245 e. The quantitative estimate of drug-likeness (QED) is 0.414. The smallest absolute Gasteiger partial charge is 0.136 e. The Bertz CT molecular complexity index is 1590. The molecular formula is C27H17ClN2O3Re. The van der Waals surface area contributed by atoms with Crippen molar-refractivity contribution < 1.29 is 34.8 Å². The number of hydrogen-bond acceptors (Lipinski definition) is 5. The topological polar surface area (TPSA) is 76.5 Å². The third-order valence-corrected chi connectivity index (χ3v) is 5.90. The summed E-state index contributed by atoms with van der Waals surface area (Å²) in [6.45, 7) is 3.82. The van der Waals surface area contributed by atoms with Crippen LogP contribution in [0.25, 0.3) is 17.0 Å². The average molecular weight is 639 g/mol. The molecule has 2 aromatic carbocycles. The van der Waals surface area contributed by atoms with E-state index >= 15 is 0 Å². The van der Waals surface area contributed by atoms with Crippen LogP contribution in [0.5, 0.6) is 0 Å². The summed E-state index contributed by atoms with van der Waals surface area (Å²) in [5, 5.41) is -0.371. The maximum absolute atomic E-state index is 11.8. The first-order valence-corrected chi connectivity index (χ1v) is 10.5. The van der Waals surface area contributed by atoms with Crippen molar-refractivity contribution in [3.8, 4) is 11.3 Å². The van der Waals surface area contributed by atoms with Gasteiger partial charge in [-0.1, -0.05) is 66.2 Å². The van der Waals surface area contributed by atoms with E-state index in [1.807, 2.05) is 62.3 Å². The van der Waals surface area contributed by atoms with Gasteiger partial charge in [0.05, 0.1) is 27.2 Å². The van der Waals surface area contributed by atoms with Crippen LogP contribution in [0.3, 0.4) is 0 Å². The van der Waals surface area contributed by atoms with Crippen LogP contribution < -0.4 is 10.4 Å². The molecule has 0 unspecified atom stereocenters. The molecule has 0 aliphatic carbocycles. The Balaban J connectivity index is 0.00000324. The molecule has 1 aliphatic heterocycles. The number of nitrogens with zero attached hydrogens (tertiary/aromatic N) is 2. The van der Waals surface area contributed by atoms with Crippen molar-refractivity contribution in [2.45, 2.75) is 20.3 Å². The van der Waals surface area contributed by atoms with Crippen molar-refractivity contribution in [2.75, 3.05) is 0 Å². The van der Waals surface area contributed by atoms with E-state index in [-0.39, 0.29) is 65.0 Å². The summed E-state index contributed by atoms with van der Waals surface area (Å²) in [6.07, 6.45) is 2.11. The monoisotopic (exact) mass is 639 g/mol. The largest absolute Gasteiger partial charge is 0.245 e. The van der Waals surface area contributed by atoms with Crippen LogP contribution in [-0.2, 0) is 34.8 Å². The molecular weight excluding hydrogens is 622 g/mol. The second-order valence-electron chi connectivity index (χ2n) is 7.54. The molecule has 0 bridgehead atoms. The molecule has 1 aliphatic rings. The first-order valence-electron chi connectivity index (χ1n) is 10.2. The van der Waals surface area contributed by atoms with E-state index in [0.717, 1.165) is 16.7 Å². The molecule has 0 saturated carbocycles. The zero-order chi connectivity index (χ0) is 23.5. The predicted octanol–water partition coefficient (Wildman–Crippen LogP) is 3.01. The van der Waals surface area contributed by atoms with Gasteiger partial charge in [-0.2, -0.15) is 0 Å². The van der Waals surface area contributed by atoms with Gasteiger partial charge in [-0.05, 0) is 25.0 Å². The Kier molecular flexibility index (Phi) is 7.90. The maximum Gasteiger partial charge on any atom is 0.136 e. The molecule has 1 radical (unpaired) electrons. The number of aryl methyl sites for hydroxylation is 2. The normalized spacial score (nSPS) is 12.5. The summed E-state index contributed by atoms with van der Waals surface area (Å²) in [7, 11) is 0. The number of aromatic nitrogens is 1. The fraction of sp³-hybridized carbons (Fsp3) is 0.111. The van der Waals surface area contributed by atoms with Gasteiger partial charge in [0.1, 0.15) is 34.4 Å². The van der Waals surface area contributed by atoms with Gasteiger partial charge in [-0.3, -0.25) is 0 Å². The zero-order valence-electron chi connectivity index (χ0n) is 18.3. The van der Waals surface area contributed by atoms with Crippen molar-refractivity contribution in [1.29, 1.82) is 0 Å². The van der Waals surface area contributed by atoms with Crippen LogP contribution in [0.2, 0.25) is 5.02 Å². The van der Waals surface area contributed by atoms with Gasteiger partial charge in [0, 0.05) is 38.0 Å². The van der Waals surface area contributed by atoms with Crippen molar-refractivity contribution in [3.05, 3.63) is 98.0 Å². The van der Waals surface area contributed by atoms with E-state index in [1.54, 1.807) is 24.0 Å². The molecule has 0 fully saturated rings. The Morgan fingerprint density at radius 1 is 0.794 bits per heavy atom. The van der Waals surface area contributed by atoms with E-state index < -0.39 is 0 Å². The Morgan fingerprint density at radius 3 is 1.94 bits per heavy atom. The van der Waals surface area contributed by atoms with Crippen LogP contribution in [-0.4, -0.2) is 28.5 Å². The number of pyridine rings is 1. The van der Waals surface area contributed by atoms with E-state index in [4.69, 9.17) is 11.6 Å². The summed E-state index contributed by atoms with van der Waals surface area (Å²) in [5.41, 5.74) is 4.83. The van der Waals surface area contributed by atoms with Crippen LogP contribution >= 0.6 is 11.6 Å². The molecule has 7 heteroatoms. The Morgan fingerprint density at radius 2 is 1.38 bits per heavy atom. The molecule has 3 aromatic rings. The molecule has 2 heterocycles. The maximum atomic E-state index is 11.8. The number of halogens is 1. The van der Waals surface area contributed by atoms with Gasteiger partial charge in [0.2, 0.25) is 0 Å². The molecule has 4 rings (SSSR count). The summed E-state index contributed by atoms with van der Waals surface area (Å²) in [6, 6.07) is 15.0. The Labute approximate surface area is 214 Å². The van der Waals surface area contributed by atoms with E-state index in [1.165, 1.54) is 0 Å². The second-order valence-corrected chi connectivity index (χ2v) is 7.92. The molecule has 0 N–H and O–H groups in total. The fourth-order valence-electron chi connectivity index (χ4n) is 3.79. The zero-order valence-corrected chi connectivity index (χ0v) is 21.8. The van der Waals surface area contributed by atoms with Crippen molar-refractivity contribution in [1.82, 2.24) is 4.98 Å². The first-order chi connectivity index (χ1) is 16.0. The molecule has 5 nitrogen and oxygen atoms in total. The van der Waals surface area contributed by atoms with E-state index in [2.05, 4.69) is 9.98 Å². The van der Waals surface area contributed by atoms with E-state index in [9.17, 15) is 14.4 Å². The molecule has 0 spiro atoms. The van der Waals surface area contributed by atoms with Gasteiger partial charge >= 0.3 is 0 Å². The summed E-state index contributed by atoms with van der Waals surface area (Å²) in [5.74, 6) is 5.45. The minimum absolute atomic E-state index is 0. The number of rotatable bonds is 3. The minimum atomic E-state index is -0.171. The van der Waals surface area contributed by atoms with Crippen LogP contribution in [0.15, 0.2) is 65.2 Å².